The van der Waals surface area contributed by atoms with E-state index in [0.717, 1.165) is 31.0 Å². The number of alkyl halides is 2. The second kappa shape index (κ2) is 8.14. The Morgan fingerprint density at radius 2 is 1.97 bits per heavy atom. The number of pyridine rings is 1. The standard InChI is InChI=1S/C21H30F2N4O2/c1-2-26-8-4-7-20(19(26)28)14-21(22,23)16-25(15-20)13-17-5-3-6-18(24-17)27-9-11-29-12-10-27/h3,5-6H,2,4,7-16H2,1H3/t20-/m0/s1. The van der Waals surface area contributed by atoms with Crippen molar-refractivity contribution in [2.45, 2.75) is 38.7 Å². The van der Waals surface area contributed by atoms with Crippen LogP contribution >= 0.6 is 0 Å². The number of hydrogen-bond acceptors (Lipinski definition) is 5. The van der Waals surface area contributed by atoms with E-state index in [4.69, 9.17) is 9.72 Å². The number of likely N-dealkylation sites (tertiary alicyclic amines) is 2. The van der Waals surface area contributed by atoms with E-state index in [1.54, 1.807) is 9.80 Å². The first-order chi connectivity index (χ1) is 13.9. The Hall–Kier alpha value is -1.80. The fraction of sp³-hybridized carbons (Fsp3) is 0.714. The van der Waals surface area contributed by atoms with E-state index in [-0.39, 0.29) is 18.9 Å². The smallest absolute Gasteiger partial charge is 0.261 e. The van der Waals surface area contributed by atoms with Crippen LogP contribution in [0.5, 0.6) is 0 Å². The predicted octanol–water partition coefficient (Wildman–Crippen LogP) is 2.39. The molecular formula is C21H30F2N4O2. The number of nitrogens with zero attached hydrogens (tertiary/aromatic N) is 4. The summed E-state index contributed by atoms with van der Waals surface area (Å²) in [7, 11) is 0. The van der Waals surface area contributed by atoms with Gasteiger partial charge in [0.1, 0.15) is 5.82 Å². The van der Waals surface area contributed by atoms with E-state index in [2.05, 4.69) is 4.90 Å². The van der Waals surface area contributed by atoms with Crippen LogP contribution in [0.3, 0.4) is 0 Å². The van der Waals surface area contributed by atoms with E-state index < -0.39 is 11.3 Å². The van der Waals surface area contributed by atoms with Crippen LogP contribution in [0.1, 0.15) is 31.9 Å². The molecule has 0 radical (unpaired) electrons. The number of halogens is 2. The molecule has 4 rings (SSSR count). The number of amides is 1. The molecule has 1 spiro atoms. The minimum atomic E-state index is -2.87. The number of piperidine rings is 2. The van der Waals surface area contributed by atoms with Gasteiger partial charge in [0.25, 0.3) is 5.92 Å². The van der Waals surface area contributed by atoms with E-state index in [0.29, 0.717) is 45.8 Å². The molecule has 3 aliphatic rings. The van der Waals surface area contributed by atoms with Crippen molar-refractivity contribution >= 4 is 11.7 Å². The highest BCUT2D eigenvalue weighted by atomic mass is 19.3. The second-order valence-electron chi connectivity index (χ2n) is 8.53. The Labute approximate surface area is 170 Å². The number of morpholine rings is 1. The quantitative estimate of drug-likeness (QED) is 0.766. The monoisotopic (exact) mass is 408 g/mol. The Kier molecular flexibility index (Phi) is 5.75. The lowest BCUT2D eigenvalue weighted by Crippen LogP contribution is -2.60. The fourth-order valence-electron chi connectivity index (χ4n) is 5.05. The zero-order valence-electron chi connectivity index (χ0n) is 17.1. The topological polar surface area (TPSA) is 48.9 Å². The molecule has 1 aromatic rings. The van der Waals surface area contributed by atoms with Crippen LogP contribution in [0, 0.1) is 5.41 Å². The first-order valence-corrected chi connectivity index (χ1v) is 10.6. The molecule has 4 heterocycles. The van der Waals surface area contributed by atoms with Gasteiger partial charge in [-0.15, -0.1) is 0 Å². The lowest BCUT2D eigenvalue weighted by atomic mass is 9.71. The number of carbonyl (C=O) groups is 1. The van der Waals surface area contributed by atoms with Crippen LogP contribution < -0.4 is 4.90 Å². The van der Waals surface area contributed by atoms with Crippen molar-refractivity contribution in [1.82, 2.24) is 14.8 Å². The lowest BCUT2D eigenvalue weighted by molar-refractivity contribution is -0.170. The third kappa shape index (κ3) is 4.38. The number of anilines is 1. The average molecular weight is 408 g/mol. The van der Waals surface area contributed by atoms with Crippen molar-refractivity contribution in [3.8, 4) is 0 Å². The Morgan fingerprint density at radius 1 is 1.17 bits per heavy atom. The summed E-state index contributed by atoms with van der Waals surface area (Å²) in [4.78, 5) is 23.3. The van der Waals surface area contributed by atoms with Crippen LogP contribution in [0.25, 0.3) is 0 Å². The van der Waals surface area contributed by atoms with Crippen molar-refractivity contribution in [2.24, 2.45) is 5.41 Å². The molecule has 6 nitrogen and oxygen atoms in total. The molecule has 160 valence electrons. The molecule has 3 aliphatic heterocycles. The lowest BCUT2D eigenvalue weighted by Gasteiger charge is -2.49. The summed E-state index contributed by atoms with van der Waals surface area (Å²) < 4.78 is 34.8. The van der Waals surface area contributed by atoms with Crippen molar-refractivity contribution in [2.75, 3.05) is 57.4 Å². The Morgan fingerprint density at radius 3 is 2.72 bits per heavy atom. The molecule has 1 amide bonds. The maximum absolute atomic E-state index is 14.7. The van der Waals surface area contributed by atoms with E-state index in [9.17, 15) is 13.6 Å². The first kappa shape index (κ1) is 20.5. The maximum Gasteiger partial charge on any atom is 0.261 e. The van der Waals surface area contributed by atoms with Crippen LogP contribution in [0.4, 0.5) is 14.6 Å². The normalized spacial score (nSPS) is 28.2. The van der Waals surface area contributed by atoms with Gasteiger partial charge in [0.15, 0.2) is 0 Å². The minimum absolute atomic E-state index is 0.106. The zero-order valence-corrected chi connectivity index (χ0v) is 17.1. The molecular weight excluding hydrogens is 378 g/mol. The van der Waals surface area contributed by atoms with Gasteiger partial charge in [0.05, 0.1) is 30.9 Å². The Bertz CT molecular complexity index is 741. The summed E-state index contributed by atoms with van der Waals surface area (Å²) in [6.45, 7) is 6.45. The average Bonchev–Trinajstić information content (AvgIpc) is 2.70. The van der Waals surface area contributed by atoms with Crippen molar-refractivity contribution in [3.63, 3.8) is 0 Å². The zero-order chi connectivity index (χ0) is 20.5. The molecule has 8 heteroatoms. The molecule has 3 saturated heterocycles. The SMILES string of the molecule is CCN1CCC[C@]2(CN(Cc3cccc(N4CCOCC4)n3)CC(F)(F)C2)C1=O. The molecule has 3 fully saturated rings. The summed E-state index contributed by atoms with van der Waals surface area (Å²) in [6.07, 6.45) is 0.983. The van der Waals surface area contributed by atoms with Crippen molar-refractivity contribution in [1.29, 1.82) is 0 Å². The van der Waals surface area contributed by atoms with Gasteiger partial charge >= 0.3 is 0 Å². The van der Waals surface area contributed by atoms with Gasteiger partial charge in [-0.05, 0) is 31.9 Å². The van der Waals surface area contributed by atoms with Gasteiger partial charge in [-0.2, -0.15) is 0 Å². The summed E-state index contributed by atoms with van der Waals surface area (Å²) in [6, 6.07) is 5.75. The minimum Gasteiger partial charge on any atom is -0.378 e. The Balaban J connectivity index is 1.52. The van der Waals surface area contributed by atoms with Gasteiger partial charge in [-0.3, -0.25) is 9.69 Å². The highest BCUT2D eigenvalue weighted by Gasteiger charge is 2.54. The summed E-state index contributed by atoms with van der Waals surface area (Å²) in [5, 5.41) is 0. The summed E-state index contributed by atoms with van der Waals surface area (Å²) in [5.41, 5.74) is -0.213. The van der Waals surface area contributed by atoms with Crippen LogP contribution in [0.2, 0.25) is 0 Å². The van der Waals surface area contributed by atoms with Crippen molar-refractivity contribution in [3.05, 3.63) is 23.9 Å². The summed E-state index contributed by atoms with van der Waals surface area (Å²) >= 11 is 0. The summed E-state index contributed by atoms with van der Waals surface area (Å²) in [5.74, 6) is -2.12. The predicted molar refractivity (Wildman–Crippen MR) is 106 cm³/mol. The number of rotatable bonds is 4. The molecule has 0 unspecified atom stereocenters. The third-order valence-electron chi connectivity index (χ3n) is 6.30. The van der Waals surface area contributed by atoms with Crippen LogP contribution in [0.15, 0.2) is 18.2 Å². The first-order valence-electron chi connectivity index (χ1n) is 10.6. The second-order valence-corrected chi connectivity index (χ2v) is 8.53. The van der Waals surface area contributed by atoms with E-state index in [1.165, 1.54) is 0 Å². The van der Waals surface area contributed by atoms with Gasteiger partial charge < -0.3 is 14.5 Å². The van der Waals surface area contributed by atoms with E-state index in [1.807, 2.05) is 25.1 Å². The molecule has 0 N–H and O–H groups in total. The number of ether oxygens (including phenoxy) is 1. The highest BCUT2D eigenvalue weighted by Crippen LogP contribution is 2.45. The maximum atomic E-state index is 14.7. The number of carbonyl (C=O) groups excluding carboxylic acids is 1. The fourth-order valence-corrected chi connectivity index (χ4v) is 5.05. The highest BCUT2D eigenvalue weighted by molar-refractivity contribution is 5.84. The number of aromatic nitrogens is 1. The molecule has 1 aromatic heterocycles. The number of hydrogen-bond donors (Lipinski definition) is 0. The third-order valence-corrected chi connectivity index (χ3v) is 6.30. The molecule has 0 bridgehead atoms. The van der Waals surface area contributed by atoms with Crippen LogP contribution in [-0.2, 0) is 16.1 Å². The van der Waals surface area contributed by atoms with Gasteiger partial charge in [-0.1, -0.05) is 6.07 Å². The molecule has 29 heavy (non-hydrogen) atoms. The van der Waals surface area contributed by atoms with Crippen LogP contribution in [-0.4, -0.2) is 79.1 Å². The molecule has 0 aliphatic carbocycles. The molecule has 0 aromatic carbocycles. The van der Waals surface area contributed by atoms with Gasteiger partial charge in [0, 0.05) is 45.7 Å². The molecule has 1 atom stereocenters. The largest absolute Gasteiger partial charge is 0.378 e. The van der Waals surface area contributed by atoms with Gasteiger partial charge in [-0.25, -0.2) is 13.8 Å². The van der Waals surface area contributed by atoms with Gasteiger partial charge in [0.2, 0.25) is 5.91 Å². The molecule has 0 saturated carbocycles. The van der Waals surface area contributed by atoms with E-state index >= 15 is 0 Å². The van der Waals surface area contributed by atoms with Crippen molar-refractivity contribution < 1.29 is 18.3 Å².